The lowest BCUT2D eigenvalue weighted by Crippen LogP contribution is -2.57. The lowest BCUT2D eigenvalue weighted by Gasteiger charge is -2.41. The van der Waals surface area contributed by atoms with Crippen LogP contribution in [0.5, 0.6) is 11.5 Å². The average molecular weight is 437 g/mol. The van der Waals surface area contributed by atoms with Crippen molar-refractivity contribution in [3.05, 3.63) is 23.8 Å². The van der Waals surface area contributed by atoms with Crippen LogP contribution in [0.1, 0.15) is 44.0 Å². The molecule has 0 radical (unpaired) electrons. The van der Waals surface area contributed by atoms with Crippen molar-refractivity contribution in [1.29, 1.82) is 0 Å². The van der Waals surface area contributed by atoms with Gasteiger partial charge in [-0.15, -0.1) is 0 Å². The van der Waals surface area contributed by atoms with Gasteiger partial charge in [0.15, 0.2) is 11.5 Å². The predicted octanol–water partition coefficient (Wildman–Crippen LogP) is 2.50. The largest absolute Gasteiger partial charge is 0.493 e. The summed E-state index contributed by atoms with van der Waals surface area (Å²) in [6.45, 7) is 8.35. The summed E-state index contributed by atoms with van der Waals surface area (Å²) in [5.74, 6) is 0.327. The van der Waals surface area contributed by atoms with E-state index in [4.69, 9.17) is 18.9 Å². The van der Waals surface area contributed by atoms with Crippen LogP contribution in [0.3, 0.4) is 0 Å². The second-order valence-corrected chi connectivity index (χ2v) is 7.79. The Morgan fingerprint density at radius 1 is 1.19 bits per heavy atom. The molecule has 1 amide bonds. The van der Waals surface area contributed by atoms with E-state index in [-0.39, 0.29) is 29.9 Å². The number of ether oxygens (including phenoxy) is 4. The molecule has 2 unspecified atom stereocenters. The first kappa shape index (κ1) is 24.9. The fourth-order valence-electron chi connectivity index (χ4n) is 3.88. The van der Waals surface area contributed by atoms with Gasteiger partial charge in [-0.3, -0.25) is 9.59 Å². The molecule has 8 nitrogen and oxygen atoms in total. The number of amides is 1. The number of benzene rings is 1. The second kappa shape index (κ2) is 12.5. The zero-order valence-electron chi connectivity index (χ0n) is 19.3. The van der Waals surface area contributed by atoms with Crippen LogP contribution >= 0.6 is 0 Å². The monoisotopic (exact) mass is 436 g/mol. The van der Waals surface area contributed by atoms with Crippen molar-refractivity contribution in [2.45, 2.75) is 45.7 Å². The van der Waals surface area contributed by atoms with Crippen molar-refractivity contribution in [2.24, 2.45) is 5.92 Å². The van der Waals surface area contributed by atoms with Gasteiger partial charge in [0.05, 0.1) is 32.3 Å². The molecule has 1 saturated heterocycles. The maximum absolute atomic E-state index is 13.6. The van der Waals surface area contributed by atoms with Crippen LogP contribution in [-0.4, -0.2) is 76.0 Å². The van der Waals surface area contributed by atoms with Crippen molar-refractivity contribution < 1.29 is 28.5 Å². The smallest absolute Gasteiger partial charge is 0.311 e. The Bertz CT molecular complexity index is 724. The van der Waals surface area contributed by atoms with E-state index in [1.165, 1.54) is 0 Å². The van der Waals surface area contributed by atoms with Gasteiger partial charge in [0.25, 0.3) is 5.91 Å². The normalized spacial score (nSPS) is 18.5. The molecular formula is C23H36N2O6. The Labute approximate surface area is 185 Å². The van der Waals surface area contributed by atoms with Crippen molar-refractivity contribution >= 4 is 11.9 Å². The predicted molar refractivity (Wildman–Crippen MR) is 118 cm³/mol. The number of esters is 1. The van der Waals surface area contributed by atoms with E-state index in [1.54, 1.807) is 44.2 Å². The lowest BCUT2D eigenvalue weighted by atomic mass is 9.90. The van der Waals surface area contributed by atoms with Crippen molar-refractivity contribution in [1.82, 2.24) is 10.2 Å². The van der Waals surface area contributed by atoms with Gasteiger partial charge in [-0.1, -0.05) is 0 Å². The van der Waals surface area contributed by atoms with Crippen LogP contribution in [0, 0.1) is 5.92 Å². The summed E-state index contributed by atoms with van der Waals surface area (Å²) in [4.78, 5) is 27.9. The van der Waals surface area contributed by atoms with Crippen LogP contribution in [0.2, 0.25) is 0 Å². The van der Waals surface area contributed by atoms with E-state index in [1.807, 2.05) is 13.8 Å². The Morgan fingerprint density at radius 2 is 1.97 bits per heavy atom. The summed E-state index contributed by atoms with van der Waals surface area (Å²) in [5.41, 5.74) is 0.490. The van der Waals surface area contributed by atoms with Gasteiger partial charge in [-0.05, 0) is 51.9 Å². The number of piperidine rings is 1. The number of nitrogens with zero attached hydrogens (tertiary/aromatic N) is 1. The lowest BCUT2D eigenvalue weighted by molar-refractivity contribution is -0.151. The van der Waals surface area contributed by atoms with Crippen LogP contribution in [0.4, 0.5) is 0 Å². The van der Waals surface area contributed by atoms with Gasteiger partial charge < -0.3 is 29.2 Å². The molecule has 0 aromatic heterocycles. The highest BCUT2D eigenvalue weighted by atomic mass is 16.5. The number of hydrogen-bond donors (Lipinski definition) is 1. The zero-order chi connectivity index (χ0) is 22.8. The maximum atomic E-state index is 13.6. The second-order valence-electron chi connectivity index (χ2n) is 7.79. The molecule has 1 N–H and O–H groups in total. The molecule has 1 aliphatic heterocycles. The fourth-order valence-corrected chi connectivity index (χ4v) is 3.88. The van der Waals surface area contributed by atoms with Gasteiger partial charge in [0, 0.05) is 38.3 Å². The Kier molecular flexibility index (Phi) is 10.1. The summed E-state index contributed by atoms with van der Waals surface area (Å²) in [5, 5.41) is 3.31. The molecule has 1 aromatic rings. The van der Waals surface area contributed by atoms with Crippen molar-refractivity contribution in [3.8, 4) is 11.5 Å². The third-order valence-electron chi connectivity index (χ3n) is 5.35. The van der Waals surface area contributed by atoms with Gasteiger partial charge in [-0.2, -0.15) is 0 Å². The molecule has 31 heavy (non-hydrogen) atoms. The van der Waals surface area contributed by atoms with Gasteiger partial charge in [-0.25, -0.2) is 0 Å². The third kappa shape index (κ3) is 6.58. The van der Waals surface area contributed by atoms with Crippen LogP contribution in [0.25, 0.3) is 0 Å². The fraction of sp³-hybridized carbons (Fsp3) is 0.652. The zero-order valence-corrected chi connectivity index (χ0v) is 19.3. The molecule has 1 aromatic carbocycles. The van der Waals surface area contributed by atoms with E-state index in [0.717, 1.165) is 13.0 Å². The van der Waals surface area contributed by atoms with Crippen molar-refractivity contribution in [2.75, 3.05) is 47.1 Å². The standard InChI is InChI=1S/C23H36N2O6/c1-6-30-23(27)18-10-11-24-15-19(18)25(16(2)3)22(26)17-8-9-20(29-5)21(14-17)31-13-7-12-28-4/h8-9,14,16,18-19,24H,6-7,10-13,15H2,1-5H3. The molecule has 2 rings (SSSR count). The minimum absolute atomic E-state index is 0.0949. The maximum Gasteiger partial charge on any atom is 0.311 e. The Balaban J connectivity index is 2.28. The highest BCUT2D eigenvalue weighted by Crippen LogP contribution is 2.30. The van der Waals surface area contributed by atoms with E-state index >= 15 is 0 Å². The molecule has 1 fully saturated rings. The number of hydrogen-bond acceptors (Lipinski definition) is 7. The highest BCUT2D eigenvalue weighted by molar-refractivity contribution is 5.95. The number of carbonyl (C=O) groups excluding carboxylic acids is 2. The number of rotatable bonds is 11. The molecule has 174 valence electrons. The molecule has 0 spiro atoms. The minimum atomic E-state index is -0.351. The molecular weight excluding hydrogens is 400 g/mol. The summed E-state index contributed by atoms with van der Waals surface area (Å²) in [6, 6.07) is 4.79. The van der Waals surface area contributed by atoms with Gasteiger partial charge in [0.2, 0.25) is 0 Å². The quantitative estimate of drug-likeness (QED) is 0.421. The molecule has 8 heteroatoms. The van der Waals surface area contributed by atoms with Gasteiger partial charge >= 0.3 is 5.97 Å². The highest BCUT2D eigenvalue weighted by Gasteiger charge is 2.39. The average Bonchev–Trinajstić information content (AvgIpc) is 2.77. The van der Waals surface area contributed by atoms with Crippen LogP contribution in [0.15, 0.2) is 18.2 Å². The molecule has 0 bridgehead atoms. The van der Waals surface area contributed by atoms with Crippen LogP contribution in [-0.2, 0) is 14.3 Å². The van der Waals surface area contributed by atoms with E-state index in [0.29, 0.717) is 49.8 Å². The van der Waals surface area contributed by atoms with E-state index < -0.39 is 0 Å². The van der Waals surface area contributed by atoms with E-state index in [9.17, 15) is 9.59 Å². The number of carbonyl (C=O) groups is 2. The number of nitrogens with one attached hydrogen (secondary N) is 1. The van der Waals surface area contributed by atoms with Crippen LogP contribution < -0.4 is 14.8 Å². The van der Waals surface area contributed by atoms with E-state index in [2.05, 4.69) is 5.32 Å². The first-order valence-corrected chi connectivity index (χ1v) is 10.9. The Hall–Kier alpha value is -2.32. The molecule has 0 aliphatic carbocycles. The molecule has 1 heterocycles. The summed E-state index contributed by atoms with van der Waals surface area (Å²) >= 11 is 0. The SMILES string of the molecule is CCOC(=O)C1CCNCC1N(C(=O)c1ccc(OC)c(OCCCOC)c1)C(C)C. The molecule has 0 saturated carbocycles. The Morgan fingerprint density at radius 3 is 2.61 bits per heavy atom. The van der Waals surface area contributed by atoms with Gasteiger partial charge in [0.1, 0.15) is 0 Å². The first-order chi connectivity index (χ1) is 14.9. The molecule has 2 atom stereocenters. The minimum Gasteiger partial charge on any atom is -0.493 e. The van der Waals surface area contributed by atoms with Crippen molar-refractivity contribution in [3.63, 3.8) is 0 Å². The number of methoxy groups -OCH3 is 2. The first-order valence-electron chi connectivity index (χ1n) is 10.9. The summed E-state index contributed by atoms with van der Waals surface area (Å²) in [7, 11) is 3.21. The molecule has 1 aliphatic rings. The summed E-state index contributed by atoms with van der Waals surface area (Å²) < 4.78 is 21.6. The summed E-state index contributed by atoms with van der Waals surface area (Å²) in [6.07, 6.45) is 1.36. The topological polar surface area (TPSA) is 86.3 Å². The third-order valence-corrected chi connectivity index (χ3v) is 5.35.